The Kier molecular flexibility index (Phi) is 2.99. The molecule has 0 aromatic heterocycles. The van der Waals surface area contributed by atoms with Crippen molar-refractivity contribution >= 4 is 11.6 Å². The highest BCUT2D eigenvalue weighted by Crippen LogP contribution is 2.32. The van der Waals surface area contributed by atoms with E-state index in [-0.39, 0.29) is 19.0 Å². The lowest BCUT2D eigenvalue weighted by Gasteiger charge is -2.18. The minimum absolute atomic E-state index is 0.0907. The van der Waals surface area contributed by atoms with E-state index in [1.54, 1.807) is 0 Å². The molecule has 6 heteroatoms. The molecule has 0 saturated carbocycles. The molecule has 1 saturated heterocycles. The van der Waals surface area contributed by atoms with Crippen LogP contribution in [0, 0.1) is 41.5 Å². The van der Waals surface area contributed by atoms with Gasteiger partial charge in [0.1, 0.15) is 5.69 Å². The number of rotatable bonds is 1. The highest BCUT2D eigenvalue weighted by Gasteiger charge is 2.35. The highest BCUT2D eigenvalue weighted by atomic mass is 19.2. The van der Waals surface area contributed by atoms with Crippen molar-refractivity contribution in [2.45, 2.75) is 6.42 Å². The first-order valence-corrected chi connectivity index (χ1v) is 5.05. The Hall–Kier alpha value is -2.03. The maximum absolute atomic E-state index is 13.5. The van der Waals surface area contributed by atoms with E-state index in [2.05, 4.69) is 5.92 Å². The Morgan fingerprint density at radius 2 is 1.78 bits per heavy atom. The van der Waals surface area contributed by atoms with Crippen molar-refractivity contribution in [3.8, 4) is 12.3 Å². The maximum atomic E-state index is 13.5. The van der Waals surface area contributed by atoms with Gasteiger partial charge in [-0.3, -0.25) is 4.79 Å². The summed E-state index contributed by atoms with van der Waals surface area (Å²) in [6.07, 6.45) is 5.00. The molecule has 1 amide bonds. The van der Waals surface area contributed by atoms with Crippen LogP contribution >= 0.6 is 0 Å². The van der Waals surface area contributed by atoms with E-state index in [0.29, 0.717) is 4.90 Å². The number of terminal acetylenes is 1. The van der Waals surface area contributed by atoms with Crippen LogP contribution in [0.15, 0.2) is 6.07 Å². The molecule has 0 N–H and O–H groups in total. The van der Waals surface area contributed by atoms with Crippen LogP contribution in [0.1, 0.15) is 6.42 Å². The van der Waals surface area contributed by atoms with Crippen LogP contribution in [0.5, 0.6) is 0 Å². The summed E-state index contributed by atoms with van der Waals surface area (Å²) in [6.45, 7) is -0.161. The Bertz CT molecular complexity index is 538. The van der Waals surface area contributed by atoms with Crippen LogP contribution in [0.4, 0.5) is 23.2 Å². The van der Waals surface area contributed by atoms with E-state index < -0.39 is 40.8 Å². The van der Waals surface area contributed by atoms with Gasteiger partial charge in [-0.05, 0) is 0 Å². The Morgan fingerprint density at radius 3 is 2.22 bits per heavy atom. The first kappa shape index (κ1) is 12.4. The Balaban J connectivity index is 2.53. The van der Waals surface area contributed by atoms with Gasteiger partial charge in [-0.15, -0.1) is 12.3 Å². The predicted molar refractivity (Wildman–Crippen MR) is 55.6 cm³/mol. The zero-order valence-corrected chi connectivity index (χ0v) is 9.01. The van der Waals surface area contributed by atoms with Crippen molar-refractivity contribution in [1.82, 2.24) is 0 Å². The van der Waals surface area contributed by atoms with E-state index in [0.717, 1.165) is 0 Å². The van der Waals surface area contributed by atoms with Crippen molar-refractivity contribution in [3.05, 3.63) is 29.3 Å². The molecule has 1 aliphatic rings. The topological polar surface area (TPSA) is 20.3 Å². The summed E-state index contributed by atoms with van der Waals surface area (Å²) >= 11 is 0. The van der Waals surface area contributed by atoms with Gasteiger partial charge in [-0.2, -0.15) is 0 Å². The molecule has 1 aliphatic heterocycles. The molecule has 1 aromatic carbocycles. The van der Waals surface area contributed by atoms with Gasteiger partial charge in [0.2, 0.25) is 5.91 Å². The largest absolute Gasteiger partial charge is 0.306 e. The molecule has 0 spiro atoms. The number of carbonyl (C=O) groups excluding carboxylic acids is 1. The summed E-state index contributed by atoms with van der Waals surface area (Å²) in [5.74, 6) is -5.23. The Labute approximate surface area is 100 Å². The number of anilines is 1. The lowest BCUT2D eigenvalue weighted by molar-refractivity contribution is -0.117. The second-order valence-electron chi connectivity index (χ2n) is 3.89. The fraction of sp³-hybridized carbons (Fsp3) is 0.250. The van der Waals surface area contributed by atoms with E-state index in [1.807, 2.05) is 0 Å². The quantitative estimate of drug-likeness (QED) is 0.429. The third-order valence-electron chi connectivity index (χ3n) is 2.72. The molecule has 1 unspecified atom stereocenters. The molecule has 18 heavy (non-hydrogen) atoms. The van der Waals surface area contributed by atoms with Gasteiger partial charge in [0.25, 0.3) is 0 Å². The summed E-state index contributed by atoms with van der Waals surface area (Å²) in [4.78, 5) is 12.2. The van der Waals surface area contributed by atoms with E-state index in [1.165, 1.54) is 0 Å². The fourth-order valence-electron chi connectivity index (χ4n) is 1.83. The smallest absolute Gasteiger partial charge is 0.228 e. The highest BCUT2D eigenvalue weighted by molar-refractivity contribution is 5.96. The number of amides is 1. The van der Waals surface area contributed by atoms with Gasteiger partial charge in [0.05, 0.1) is 0 Å². The van der Waals surface area contributed by atoms with Crippen LogP contribution in [0.2, 0.25) is 0 Å². The van der Waals surface area contributed by atoms with Crippen LogP contribution < -0.4 is 4.90 Å². The van der Waals surface area contributed by atoms with Crippen molar-refractivity contribution in [2.75, 3.05) is 11.4 Å². The van der Waals surface area contributed by atoms with E-state index in [9.17, 15) is 22.4 Å². The lowest BCUT2D eigenvalue weighted by atomic mass is 10.1. The summed E-state index contributed by atoms with van der Waals surface area (Å²) < 4.78 is 53.0. The Morgan fingerprint density at radius 1 is 1.22 bits per heavy atom. The molecule has 0 bridgehead atoms. The minimum Gasteiger partial charge on any atom is -0.306 e. The molecule has 1 atom stereocenters. The number of benzene rings is 1. The molecule has 1 fully saturated rings. The number of hydrogen-bond donors (Lipinski definition) is 0. The third-order valence-corrected chi connectivity index (χ3v) is 2.72. The van der Waals surface area contributed by atoms with Crippen molar-refractivity contribution < 1.29 is 22.4 Å². The summed E-state index contributed by atoms with van der Waals surface area (Å²) in [5, 5.41) is 0. The van der Waals surface area contributed by atoms with Gasteiger partial charge < -0.3 is 4.90 Å². The first-order chi connectivity index (χ1) is 8.45. The van der Waals surface area contributed by atoms with Crippen molar-refractivity contribution in [3.63, 3.8) is 0 Å². The van der Waals surface area contributed by atoms with Crippen LogP contribution in [-0.4, -0.2) is 12.5 Å². The molecule has 0 aliphatic carbocycles. The lowest BCUT2D eigenvalue weighted by Crippen LogP contribution is -2.27. The zero-order chi connectivity index (χ0) is 13.4. The molecular weight excluding hydrogens is 250 g/mol. The molecular formula is C12H7F4NO. The van der Waals surface area contributed by atoms with E-state index in [4.69, 9.17) is 6.42 Å². The number of carbonyl (C=O) groups is 1. The van der Waals surface area contributed by atoms with Gasteiger partial charge in [0, 0.05) is 24.9 Å². The monoisotopic (exact) mass is 257 g/mol. The molecule has 1 aromatic rings. The molecule has 94 valence electrons. The molecule has 2 nitrogen and oxygen atoms in total. The van der Waals surface area contributed by atoms with Crippen molar-refractivity contribution in [2.24, 2.45) is 5.92 Å². The van der Waals surface area contributed by atoms with Gasteiger partial charge >= 0.3 is 0 Å². The van der Waals surface area contributed by atoms with E-state index >= 15 is 0 Å². The molecule has 2 rings (SSSR count). The molecule has 1 heterocycles. The average Bonchev–Trinajstić information content (AvgIpc) is 2.69. The van der Waals surface area contributed by atoms with Crippen LogP contribution in [-0.2, 0) is 4.79 Å². The third kappa shape index (κ3) is 1.82. The number of hydrogen-bond acceptors (Lipinski definition) is 1. The summed E-state index contributed by atoms with van der Waals surface area (Å²) in [6, 6.07) is 0.0907. The standard InChI is InChI=1S/C12H7F4NO/c1-2-6-3-9(18)17(5-6)12-10(15)7(13)4-8(14)11(12)16/h1,4,6H,3,5H2. The predicted octanol–water partition coefficient (Wildman–Crippen LogP) is 2.23. The van der Waals surface area contributed by atoms with Gasteiger partial charge in [-0.1, -0.05) is 0 Å². The summed E-state index contributed by atoms with van der Waals surface area (Å²) in [5.41, 5.74) is -1.02. The molecule has 0 radical (unpaired) electrons. The summed E-state index contributed by atoms with van der Waals surface area (Å²) in [7, 11) is 0. The van der Waals surface area contributed by atoms with Gasteiger partial charge in [-0.25, -0.2) is 17.6 Å². The van der Waals surface area contributed by atoms with Crippen LogP contribution in [0.3, 0.4) is 0 Å². The van der Waals surface area contributed by atoms with Crippen LogP contribution in [0.25, 0.3) is 0 Å². The second kappa shape index (κ2) is 4.33. The number of halogens is 4. The zero-order valence-electron chi connectivity index (χ0n) is 9.01. The second-order valence-corrected chi connectivity index (χ2v) is 3.89. The average molecular weight is 257 g/mol. The normalized spacial score (nSPS) is 19.2. The fourth-order valence-corrected chi connectivity index (χ4v) is 1.83. The van der Waals surface area contributed by atoms with Crippen molar-refractivity contribution in [1.29, 1.82) is 0 Å². The first-order valence-electron chi connectivity index (χ1n) is 5.05. The number of nitrogens with zero attached hydrogens (tertiary/aromatic N) is 1. The minimum atomic E-state index is -1.60. The maximum Gasteiger partial charge on any atom is 0.228 e. The van der Waals surface area contributed by atoms with Gasteiger partial charge in [0.15, 0.2) is 23.3 Å². The SMILES string of the molecule is C#CC1CC(=O)N(c2c(F)c(F)cc(F)c2F)C1.